The molecule has 180 valence electrons. The SMILES string of the molecule is CCC(c1nnnn1C(C)(C)CC)N(Cc1ccco1)Cc1cc2c(C)cc(C)cc2[nH]c1=O. The van der Waals surface area contributed by atoms with E-state index in [-0.39, 0.29) is 17.1 Å². The zero-order valence-corrected chi connectivity index (χ0v) is 20.9. The monoisotopic (exact) mass is 462 g/mol. The van der Waals surface area contributed by atoms with Crippen molar-refractivity contribution < 1.29 is 4.42 Å². The number of H-pyrrole nitrogens is 1. The van der Waals surface area contributed by atoms with Gasteiger partial charge in [-0.15, -0.1) is 5.10 Å². The van der Waals surface area contributed by atoms with Gasteiger partial charge in [-0.3, -0.25) is 9.69 Å². The Morgan fingerprint density at radius 3 is 2.65 bits per heavy atom. The highest BCUT2D eigenvalue weighted by Crippen LogP contribution is 2.30. The van der Waals surface area contributed by atoms with Crippen LogP contribution in [-0.2, 0) is 18.6 Å². The van der Waals surface area contributed by atoms with Crippen molar-refractivity contribution in [3.8, 4) is 0 Å². The smallest absolute Gasteiger partial charge is 0.252 e. The molecule has 3 aromatic heterocycles. The minimum Gasteiger partial charge on any atom is -0.468 e. The van der Waals surface area contributed by atoms with Gasteiger partial charge in [0.2, 0.25) is 0 Å². The van der Waals surface area contributed by atoms with Crippen molar-refractivity contribution in [1.29, 1.82) is 0 Å². The van der Waals surface area contributed by atoms with Crippen molar-refractivity contribution in [2.45, 2.75) is 79.1 Å². The standard InChI is InChI=1S/C26H34N6O2/c1-7-23(24-28-29-30-32(24)26(5,6)8-2)31(16-20-10-9-11-34-20)15-19-14-21-18(4)12-17(3)13-22(21)27-25(19)33/h9-14,23H,7-8,15-16H2,1-6H3,(H,27,33). The Labute approximate surface area is 200 Å². The van der Waals surface area contributed by atoms with Gasteiger partial charge in [0.05, 0.1) is 24.4 Å². The Morgan fingerprint density at radius 2 is 1.97 bits per heavy atom. The van der Waals surface area contributed by atoms with E-state index in [9.17, 15) is 4.79 Å². The second kappa shape index (κ2) is 9.54. The fourth-order valence-corrected chi connectivity index (χ4v) is 4.52. The molecule has 0 saturated heterocycles. The number of tetrazole rings is 1. The molecule has 8 heteroatoms. The van der Waals surface area contributed by atoms with Gasteiger partial charge in [0, 0.05) is 23.0 Å². The Morgan fingerprint density at radius 1 is 1.18 bits per heavy atom. The van der Waals surface area contributed by atoms with E-state index in [1.54, 1.807) is 6.26 Å². The number of nitrogens with zero attached hydrogens (tertiary/aromatic N) is 5. The summed E-state index contributed by atoms with van der Waals surface area (Å²) < 4.78 is 7.60. The lowest BCUT2D eigenvalue weighted by Gasteiger charge is -2.32. The number of pyridine rings is 1. The molecule has 0 spiro atoms. The highest BCUT2D eigenvalue weighted by Gasteiger charge is 2.31. The molecule has 3 heterocycles. The fraction of sp³-hybridized carbons (Fsp3) is 0.462. The molecule has 0 aliphatic rings. The van der Waals surface area contributed by atoms with Gasteiger partial charge in [0.25, 0.3) is 5.56 Å². The van der Waals surface area contributed by atoms with Crippen LogP contribution in [0.15, 0.2) is 45.8 Å². The largest absolute Gasteiger partial charge is 0.468 e. The molecule has 4 rings (SSSR count). The maximum atomic E-state index is 13.1. The Balaban J connectivity index is 1.78. The van der Waals surface area contributed by atoms with Gasteiger partial charge in [-0.2, -0.15) is 0 Å². The van der Waals surface area contributed by atoms with Crippen LogP contribution >= 0.6 is 0 Å². The van der Waals surface area contributed by atoms with E-state index >= 15 is 0 Å². The third kappa shape index (κ3) is 4.68. The fourth-order valence-electron chi connectivity index (χ4n) is 4.52. The van der Waals surface area contributed by atoms with E-state index in [0.717, 1.165) is 46.5 Å². The number of hydrogen-bond donors (Lipinski definition) is 1. The van der Waals surface area contributed by atoms with Crippen LogP contribution in [0.4, 0.5) is 0 Å². The van der Waals surface area contributed by atoms with Crippen molar-refractivity contribution in [1.82, 2.24) is 30.1 Å². The molecule has 4 aromatic rings. The second-order valence-corrected chi connectivity index (χ2v) is 9.69. The quantitative estimate of drug-likeness (QED) is 0.375. The maximum Gasteiger partial charge on any atom is 0.252 e. The summed E-state index contributed by atoms with van der Waals surface area (Å²) in [5.74, 6) is 1.63. The first-order valence-corrected chi connectivity index (χ1v) is 11.9. The molecule has 0 aliphatic heterocycles. The summed E-state index contributed by atoms with van der Waals surface area (Å²) in [7, 11) is 0. The summed E-state index contributed by atoms with van der Waals surface area (Å²) in [5, 5.41) is 13.8. The lowest BCUT2D eigenvalue weighted by atomic mass is 10.0. The molecule has 0 bridgehead atoms. The van der Waals surface area contributed by atoms with Crippen LogP contribution in [0.25, 0.3) is 10.9 Å². The minimum absolute atomic E-state index is 0.0784. The molecule has 8 nitrogen and oxygen atoms in total. The summed E-state index contributed by atoms with van der Waals surface area (Å²) in [4.78, 5) is 18.4. The van der Waals surface area contributed by atoms with Gasteiger partial charge in [-0.1, -0.05) is 19.9 Å². The van der Waals surface area contributed by atoms with Crippen LogP contribution in [0.2, 0.25) is 0 Å². The first kappa shape index (κ1) is 23.9. The van der Waals surface area contributed by atoms with Crippen molar-refractivity contribution >= 4 is 10.9 Å². The van der Waals surface area contributed by atoms with Crippen LogP contribution in [0, 0.1) is 13.8 Å². The summed E-state index contributed by atoms with van der Waals surface area (Å²) in [6, 6.07) is 9.91. The number of furan rings is 1. The van der Waals surface area contributed by atoms with Crippen LogP contribution in [-0.4, -0.2) is 30.1 Å². The van der Waals surface area contributed by atoms with Crippen molar-refractivity contribution in [3.63, 3.8) is 0 Å². The first-order chi connectivity index (χ1) is 16.2. The number of aromatic nitrogens is 5. The highest BCUT2D eigenvalue weighted by molar-refractivity contribution is 5.83. The number of nitrogens with one attached hydrogen (secondary N) is 1. The van der Waals surface area contributed by atoms with Crippen LogP contribution < -0.4 is 5.56 Å². The predicted octanol–water partition coefficient (Wildman–Crippen LogP) is 5.02. The van der Waals surface area contributed by atoms with Crippen molar-refractivity contribution in [2.75, 3.05) is 0 Å². The van der Waals surface area contributed by atoms with E-state index in [0.29, 0.717) is 18.7 Å². The van der Waals surface area contributed by atoms with Gasteiger partial charge >= 0.3 is 0 Å². The third-order valence-corrected chi connectivity index (χ3v) is 6.76. The number of rotatable bonds is 9. The molecule has 0 aliphatic carbocycles. The van der Waals surface area contributed by atoms with E-state index in [1.807, 2.05) is 35.9 Å². The maximum absolute atomic E-state index is 13.1. The molecule has 34 heavy (non-hydrogen) atoms. The van der Waals surface area contributed by atoms with Crippen LogP contribution in [0.3, 0.4) is 0 Å². The molecular weight excluding hydrogens is 428 g/mol. The highest BCUT2D eigenvalue weighted by atomic mass is 16.3. The Kier molecular flexibility index (Phi) is 6.70. The molecule has 1 aromatic carbocycles. The Hall–Kier alpha value is -3.26. The summed E-state index contributed by atoms with van der Waals surface area (Å²) in [6.07, 6.45) is 3.35. The lowest BCUT2D eigenvalue weighted by molar-refractivity contribution is 0.140. The zero-order valence-electron chi connectivity index (χ0n) is 20.9. The lowest BCUT2D eigenvalue weighted by Crippen LogP contribution is -2.36. The average molecular weight is 463 g/mol. The summed E-state index contributed by atoms with van der Waals surface area (Å²) >= 11 is 0. The molecule has 1 N–H and O–H groups in total. The van der Waals surface area contributed by atoms with Gasteiger partial charge in [0.1, 0.15) is 5.76 Å². The van der Waals surface area contributed by atoms with E-state index in [1.165, 1.54) is 0 Å². The number of fused-ring (bicyclic) bond motifs is 1. The van der Waals surface area contributed by atoms with Gasteiger partial charge in [0.15, 0.2) is 5.82 Å². The summed E-state index contributed by atoms with van der Waals surface area (Å²) in [5.41, 5.74) is 3.54. The molecule has 0 fully saturated rings. The second-order valence-electron chi connectivity index (χ2n) is 9.69. The topological polar surface area (TPSA) is 92.8 Å². The van der Waals surface area contributed by atoms with Gasteiger partial charge in [-0.05, 0) is 86.4 Å². The summed E-state index contributed by atoms with van der Waals surface area (Å²) in [6.45, 7) is 13.6. The van der Waals surface area contributed by atoms with Gasteiger partial charge < -0.3 is 9.40 Å². The third-order valence-electron chi connectivity index (χ3n) is 6.76. The number of benzene rings is 1. The molecule has 0 saturated carbocycles. The van der Waals surface area contributed by atoms with Crippen molar-refractivity contribution in [3.05, 3.63) is 75.2 Å². The van der Waals surface area contributed by atoms with E-state index in [4.69, 9.17) is 4.42 Å². The van der Waals surface area contributed by atoms with Gasteiger partial charge in [-0.25, -0.2) is 4.68 Å². The number of hydrogen-bond acceptors (Lipinski definition) is 6. The van der Waals surface area contributed by atoms with Crippen molar-refractivity contribution in [2.24, 2.45) is 0 Å². The number of aryl methyl sites for hydroxylation is 2. The molecule has 0 amide bonds. The number of aromatic amines is 1. The molecule has 1 atom stereocenters. The van der Waals surface area contributed by atoms with E-state index < -0.39 is 0 Å². The molecule has 0 radical (unpaired) electrons. The average Bonchev–Trinajstić information content (AvgIpc) is 3.48. The van der Waals surface area contributed by atoms with E-state index in [2.05, 4.69) is 66.1 Å². The van der Waals surface area contributed by atoms with Crippen LogP contribution in [0.1, 0.15) is 74.9 Å². The molecule has 1 unspecified atom stereocenters. The normalized spacial score (nSPS) is 13.1. The predicted molar refractivity (Wildman–Crippen MR) is 132 cm³/mol. The zero-order chi connectivity index (χ0) is 24.5. The minimum atomic E-state index is -0.224. The first-order valence-electron chi connectivity index (χ1n) is 11.9. The Bertz CT molecular complexity index is 1320. The van der Waals surface area contributed by atoms with Crippen LogP contribution in [0.5, 0.6) is 0 Å². The molecular formula is C26H34N6O2.